The van der Waals surface area contributed by atoms with Gasteiger partial charge in [0, 0.05) is 36.1 Å². The third-order valence-electron chi connectivity index (χ3n) is 4.21. The number of rotatable bonds is 2. The molecule has 1 aromatic carbocycles. The fourth-order valence-corrected chi connectivity index (χ4v) is 3.98. The summed E-state index contributed by atoms with van der Waals surface area (Å²) in [6.07, 6.45) is 0. The summed E-state index contributed by atoms with van der Waals surface area (Å²) >= 11 is 1.56. The van der Waals surface area contributed by atoms with Gasteiger partial charge in [0.25, 0.3) is 5.91 Å². The van der Waals surface area contributed by atoms with E-state index in [1.165, 1.54) is 0 Å². The lowest BCUT2D eigenvalue weighted by Gasteiger charge is -2.39. The second-order valence-corrected chi connectivity index (χ2v) is 6.72. The van der Waals surface area contributed by atoms with Gasteiger partial charge in [0.15, 0.2) is 0 Å². The maximum Gasteiger partial charge on any atom is 0.264 e. The van der Waals surface area contributed by atoms with E-state index in [9.17, 15) is 4.79 Å². The lowest BCUT2D eigenvalue weighted by molar-refractivity contribution is 0.0533. The van der Waals surface area contributed by atoms with Crippen LogP contribution in [0.3, 0.4) is 0 Å². The van der Waals surface area contributed by atoms with Crippen LogP contribution in [0.2, 0.25) is 0 Å². The molecule has 3 rings (SSSR count). The summed E-state index contributed by atoms with van der Waals surface area (Å²) in [5, 5.41) is 1.06. The van der Waals surface area contributed by atoms with Crippen molar-refractivity contribution in [1.29, 1.82) is 0 Å². The van der Waals surface area contributed by atoms with Crippen LogP contribution in [0.4, 0.5) is 5.69 Å². The molecule has 0 saturated carbocycles. The first-order valence-electron chi connectivity index (χ1n) is 7.41. The smallest absolute Gasteiger partial charge is 0.264 e. The Kier molecular flexibility index (Phi) is 3.87. The lowest BCUT2D eigenvalue weighted by atomic mass is 10.2. The fourth-order valence-electron chi connectivity index (χ4n) is 2.97. The van der Waals surface area contributed by atoms with E-state index in [0.29, 0.717) is 6.04 Å². The molecule has 1 saturated heterocycles. The van der Waals surface area contributed by atoms with E-state index in [2.05, 4.69) is 18.7 Å². The zero-order chi connectivity index (χ0) is 15.0. The quantitative estimate of drug-likeness (QED) is 0.868. The SMILES string of the molecule is CCN1CCN(C(=O)c2cc3cc(N)ccc3s2)CC1C. The van der Waals surface area contributed by atoms with Crippen molar-refractivity contribution in [3.8, 4) is 0 Å². The molecule has 0 aliphatic carbocycles. The summed E-state index contributed by atoms with van der Waals surface area (Å²) in [5.41, 5.74) is 6.54. The number of nitrogens with two attached hydrogens (primary N) is 1. The van der Waals surface area contributed by atoms with Crippen LogP contribution in [-0.2, 0) is 0 Å². The van der Waals surface area contributed by atoms with Crippen LogP contribution in [0.5, 0.6) is 0 Å². The topological polar surface area (TPSA) is 49.6 Å². The van der Waals surface area contributed by atoms with Crippen LogP contribution >= 0.6 is 11.3 Å². The van der Waals surface area contributed by atoms with Crippen molar-refractivity contribution < 1.29 is 4.79 Å². The zero-order valence-electron chi connectivity index (χ0n) is 12.5. The Morgan fingerprint density at radius 1 is 1.38 bits per heavy atom. The molecular formula is C16H21N3OS. The summed E-state index contributed by atoms with van der Waals surface area (Å²) < 4.78 is 1.12. The maximum atomic E-state index is 12.7. The van der Waals surface area contributed by atoms with Gasteiger partial charge in [-0.1, -0.05) is 6.92 Å². The Labute approximate surface area is 129 Å². The van der Waals surface area contributed by atoms with E-state index in [0.717, 1.165) is 46.8 Å². The van der Waals surface area contributed by atoms with Gasteiger partial charge in [0.1, 0.15) is 0 Å². The maximum absolute atomic E-state index is 12.7. The number of fused-ring (bicyclic) bond motifs is 1. The highest BCUT2D eigenvalue weighted by Crippen LogP contribution is 2.28. The predicted octanol–water partition coefficient (Wildman–Crippen LogP) is 2.65. The number of nitrogen functional groups attached to an aromatic ring is 1. The van der Waals surface area contributed by atoms with Gasteiger partial charge < -0.3 is 10.6 Å². The normalized spacial score (nSPS) is 20.1. The molecule has 21 heavy (non-hydrogen) atoms. The second-order valence-electron chi connectivity index (χ2n) is 5.64. The zero-order valence-corrected chi connectivity index (χ0v) is 13.3. The van der Waals surface area contributed by atoms with Gasteiger partial charge in [-0.25, -0.2) is 0 Å². The van der Waals surface area contributed by atoms with Crippen molar-refractivity contribution >= 4 is 33.0 Å². The first kappa shape index (κ1) is 14.4. The van der Waals surface area contributed by atoms with E-state index in [1.54, 1.807) is 11.3 Å². The molecular weight excluding hydrogens is 282 g/mol. The lowest BCUT2D eigenvalue weighted by Crippen LogP contribution is -2.53. The minimum absolute atomic E-state index is 0.150. The highest BCUT2D eigenvalue weighted by molar-refractivity contribution is 7.20. The summed E-state index contributed by atoms with van der Waals surface area (Å²) in [7, 11) is 0. The van der Waals surface area contributed by atoms with Crippen LogP contribution in [0, 0.1) is 0 Å². The number of hydrogen-bond acceptors (Lipinski definition) is 4. The monoisotopic (exact) mass is 303 g/mol. The van der Waals surface area contributed by atoms with Crippen molar-refractivity contribution in [1.82, 2.24) is 9.80 Å². The van der Waals surface area contributed by atoms with Crippen LogP contribution in [0.1, 0.15) is 23.5 Å². The minimum atomic E-state index is 0.150. The molecule has 2 heterocycles. The molecule has 2 N–H and O–H groups in total. The number of piperazine rings is 1. The summed E-state index contributed by atoms with van der Waals surface area (Å²) in [5.74, 6) is 0.150. The molecule has 1 atom stereocenters. The fraction of sp³-hybridized carbons (Fsp3) is 0.438. The van der Waals surface area contributed by atoms with Crippen LogP contribution in [0.25, 0.3) is 10.1 Å². The summed E-state index contributed by atoms with van der Waals surface area (Å²) in [4.78, 5) is 17.9. The second kappa shape index (κ2) is 5.66. The molecule has 0 bridgehead atoms. The predicted molar refractivity (Wildman–Crippen MR) is 88.8 cm³/mol. The molecule has 112 valence electrons. The minimum Gasteiger partial charge on any atom is -0.399 e. The van der Waals surface area contributed by atoms with Crippen molar-refractivity contribution in [3.05, 3.63) is 29.1 Å². The Balaban J connectivity index is 1.80. The van der Waals surface area contributed by atoms with Gasteiger partial charge >= 0.3 is 0 Å². The molecule has 5 heteroatoms. The van der Waals surface area contributed by atoms with Crippen molar-refractivity contribution in [3.63, 3.8) is 0 Å². The number of carbonyl (C=O) groups excluding carboxylic acids is 1. The molecule has 1 fully saturated rings. The number of carbonyl (C=O) groups is 1. The largest absolute Gasteiger partial charge is 0.399 e. The summed E-state index contributed by atoms with van der Waals surface area (Å²) in [6, 6.07) is 8.20. The summed E-state index contributed by atoms with van der Waals surface area (Å²) in [6.45, 7) is 7.99. The first-order valence-corrected chi connectivity index (χ1v) is 8.22. The third kappa shape index (κ3) is 2.76. The Morgan fingerprint density at radius 2 is 2.19 bits per heavy atom. The number of anilines is 1. The Hall–Kier alpha value is -1.59. The molecule has 0 spiro atoms. The molecule has 2 aromatic rings. The average molecular weight is 303 g/mol. The van der Waals surface area contributed by atoms with Crippen LogP contribution in [-0.4, -0.2) is 47.9 Å². The van der Waals surface area contributed by atoms with Gasteiger partial charge in [-0.15, -0.1) is 11.3 Å². The highest BCUT2D eigenvalue weighted by atomic mass is 32.1. The molecule has 1 amide bonds. The molecule has 1 aliphatic heterocycles. The van der Waals surface area contributed by atoms with Crippen molar-refractivity contribution in [2.75, 3.05) is 31.9 Å². The Bertz CT molecular complexity index is 667. The van der Waals surface area contributed by atoms with E-state index >= 15 is 0 Å². The Morgan fingerprint density at radius 3 is 2.90 bits per heavy atom. The number of nitrogens with zero attached hydrogens (tertiary/aromatic N) is 2. The number of thiophene rings is 1. The van der Waals surface area contributed by atoms with E-state index in [4.69, 9.17) is 5.73 Å². The van der Waals surface area contributed by atoms with E-state index < -0.39 is 0 Å². The van der Waals surface area contributed by atoms with E-state index in [-0.39, 0.29) is 5.91 Å². The average Bonchev–Trinajstić information content (AvgIpc) is 2.89. The third-order valence-corrected chi connectivity index (χ3v) is 5.31. The van der Waals surface area contributed by atoms with Gasteiger partial charge in [-0.3, -0.25) is 9.69 Å². The van der Waals surface area contributed by atoms with Crippen molar-refractivity contribution in [2.24, 2.45) is 0 Å². The van der Waals surface area contributed by atoms with Gasteiger partial charge in [0.2, 0.25) is 0 Å². The van der Waals surface area contributed by atoms with Gasteiger partial charge in [-0.2, -0.15) is 0 Å². The number of hydrogen-bond donors (Lipinski definition) is 1. The number of likely N-dealkylation sites (N-methyl/N-ethyl adjacent to an activating group) is 1. The first-order chi connectivity index (χ1) is 10.1. The number of amides is 1. The van der Waals surface area contributed by atoms with Crippen molar-refractivity contribution in [2.45, 2.75) is 19.9 Å². The molecule has 1 unspecified atom stereocenters. The van der Waals surface area contributed by atoms with Crippen LogP contribution < -0.4 is 5.73 Å². The van der Waals surface area contributed by atoms with E-state index in [1.807, 2.05) is 29.2 Å². The molecule has 1 aromatic heterocycles. The van der Waals surface area contributed by atoms with Gasteiger partial charge in [-0.05, 0) is 43.1 Å². The highest BCUT2D eigenvalue weighted by Gasteiger charge is 2.27. The number of benzene rings is 1. The van der Waals surface area contributed by atoms with Crippen LogP contribution in [0.15, 0.2) is 24.3 Å². The standard InChI is InChI=1S/C16H21N3OS/c1-3-18-6-7-19(10-11(18)2)16(20)15-9-12-8-13(17)4-5-14(12)21-15/h4-5,8-9,11H,3,6-7,10,17H2,1-2H3. The molecule has 0 radical (unpaired) electrons. The molecule has 4 nitrogen and oxygen atoms in total. The molecule has 1 aliphatic rings. The van der Waals surface area contributed by atoms with Gasteiger partial charge in [0.05, 0.1) is 4.88 Å².